The number of non-ortho nitro benzene ring substituents is 1. The van der Waals surface area contributed by atoms with E-state index in [0.29, 0.717) is 25.8 Å². The minimum atomic E-state index is -0.745. The Kier molecular flexibility index (Phi) is 7.92. The molecule has 0 aliphatic carbocycles. The molecular formula is C23H14Br2FN3O4. The molecule has 3 rings (SSSR count). The Labute approximate surface area is 204 Å². The highest BCUT2D eigenvalue weighted by molar-refractivity contribution is 9.11. The number of nitrogens with one attached hydrogen (secondary N) is 1. The van der Waals surface area contributed by atoms with Gasteiger partial charge in [0.1, 0.15) is 29.8 Å². The number of nitro groups is 1. The van der Waals surface area contributed by atoms with Crippen LogP contribution in [0, 0.1) is 27.3 Å². The van der Waals surface area contributed by atoms with Crippen LogP contribution in [0.15, 0.2) is 75.2 Å². The Bertz CT molecular complexity index is 1310. The molecule has 0 aliphatic rings. The Balaban J connectivity index is 1.89. The van der Waals surface area contributed by atoms with Crippen LogP contribution in [0.1, 0.15) is 11.1 Å². The number of hydrogen-bond donors (Lipinski definition) is 1. The van der Waals surface area contributed by atoms with Gasteiger partial charge in [-0.2, -0.15) is 5.26 Å². The second kappa shape index (κ2) is 10.8. The zero-order chi connectivity index (χ0) is 24.0. The lowest BCUT2D eigenvalue weighted by molar-refractivity contribution is -0.384. The largest absolute Gasteiger partial charge is 0.487 e. The van der Waals surface area contributed by atoms with Gasteiger partial charge in [0.2, 0.25) is 0 Å². The molecule has 7 nitrogen and oxygen atoms in total. The fourth-order valence-corrected chi connectivity index (χ4v) is 4.19. The van der Waals surface area contributed by atoms with Crippen LogP contribution < -0.4 is 10.1 Å². The van der Waals surface area contributed by atoms with Crippen molar-refractivity contribution >= 4 is 55.2 Å². The lowest BCUT2D eigenvalue weighted by Crippen LogP contribution is -2.13. The van der Waals surface area contributed by atoms with Crippen LogP contribution in [0.5, 0.6) is 5.75 Å². The van der Waals surface area contributed by atoms with E-state index in [4.69, 9.17) is 4.74 Å². The molecule has 0 fully saturated rings. The van der Waals surface area contributed by atoms with Gasteiger partial charge in [0, 0.05) is 27.9 Å². The van der Waals surface area contributed by atoms with Crippen molar-refractivity contribution in [2.75, 3.05) is 5.32 Å². The van der Waals surface area contributed by atoms with Crippen molar-refractivity contribution in [2.45, 2.75) is 6.61 Å². The van der Waals surface area contributed by atoms with E-state index >= 15 is 0 Å². The molecular weight excluding hydrogens is 561 g/mol. The van der Waals surface area contributed by atoms with Crippen molar-refractivity contribution in [2.24, 2.45) is 0 Å². The Morgan fingerprint density at radius 1 is 1.18 bits per heavy atom. The first-order valence-corrected chi connectivity index (χ1v) is 10.9. The first kappa shape index (κ1) is 24.1. The van der Waals surface area contributed by atoms with Crippen LogP contribution in [0.2, 0.25) is 0 Å². The van der Waals surface area contributed by atoms with Gasteiger partial charge >= 0.3 is 0 Å². The van der Waals surface area contributed by atoms with Crippen LogP contribution in [0.25, 0.3) is 6.08 Å². The number of carbonyl (C=O) groups excluding carboxylic acids is 1. The second-order valence-electron chi connectivity index (χ2n) is 6.66. The van der Waals surface area contributed by atoms with Crippen molar-refractivity contribution in [3.05, 3.63) is 102 Å². The number of nitrogens with zero attached hydrogens (tertiary/aromatic N) is 2. The van der Waals surface area contributed by atoms with E-state index in [2.05, 4.69) is 37.2 Å². The van der Waals surface area contributed by atoms with Crippen LogP contribution in [0.4, 0.5) is 15.8 Å². The molecule has 0 heterocycles. The number of nitro benzene ring substituents is 1. The molecule has 1 N–H and O–H groups in total. The summed E-state index contributed by atoms with van der Waals surface area (Å²) in [7, 11) is 0. The van der Waals surface area contributed by atoms with Gasteiger partial charge in [-0.1, -0.05) is 34.1 Å². The van der Waals surface area contributed by atoms with Gasteiger partial charge in [0.15, 0.2) is 0 Å². The first-order chi connectivity index (χ1) is 15.8. The number of benzene rings is 3. The predicted molar refractivity (Wildman–Crippen MR) is 128 cm³/mol. The van der Waals surface area contributed by atoms with Gasteiger partial charge in [-0.05, 0) is 57.9 Å². The summed E-state index contributed by atoms with van der Waals surface area (Å²) in [5, 5.41) is 23.0. The summed E-state index contributed by atoms with van der Waals surface area (Å²) in [4.78, 5) is 23.0. The number of nitriles is 1. The maximum absolute atomic E-state index is 13.5. The van der Waals surface area contributed by atoms with Crippen molar-refractivity contribution in [1.82, 2.24) is 0 Å². The molecule has 0 saturated carbocycles. The summed E-state index contributed by atoms with van der Waals surface area (Å²) < 4.78 is 20.5. The van der Waals surface area contributed by atoms with E-state index in [-0.39, 0.29) is 23.6 Å². The maximum Gasteiger partial charge on any atom is 0.271 e. The molecule has 0 unspecified atom stereocenters. The topological polar surface area (TPSA) is 105 Å². The summed E-state index contributed by atoms with van der Waals surface area (Å²) in [5.41, 5.74) is 0.747. The number of anilines is 1. The van der Waals surface area contributed by atoms with Crippen molar-refractivity contribution < 1.29 is 18.8 Å². The molecule has 166 valence electrons. The SMILES string of the molecule is N#C/C(=C\c1cc(Br)cc(Br)c1OCc1cccc(F)c1)C(=O)Nc1cccc([N+](=O)[O-])c1. The third kappa shape index (κ3) is 6.47. The fraction of sp³-hybridized carbons (Fsp3) is 0.0435. The summed E-state index contributed by atoms with van der Waals surface area (Å²) in [6.45, 7) is 0.0561. The Hall–Kier alpha value is -3.55. The molecule has 0 aliphatic heterocycles. The van der Waals surface area contributed by atoms with Gasteiger partial charge in [-0.25, -0.2) is 4.39 Å². The summed E-state index contributed by atoms with van der Waals surface area (Å²) >= 11 is 6.77. The standard InChI is InChI=1S/C23H14Br2FN3O4/c24-17-9-15(22(21(25)10-17)33-13-14-3-1-4-18(26)7-14)8-16(12-27)23(30)28-19-5-2-6-20(11-19)29(31)32/h1-11H,13H2,(H,28,30)/b16-8+. The summed E-state index contributed by atoms with van der Waals surface area (Å²) in [5.74, 6) is -0.792. The van der Waals surface area contributed by atoms with Gasteiger partial charge in [0.05, 0.1) is 9.40 Å². The highest BCUT2D eigenvalue weighted by Gasteiger charge is 2.15. The molecule has 3 aromatic carbocycles. The highest BCUT2D eigenvalue weighted by Crippen LogP contribution is 2.35. The quantitative estimate of drug-likeness (QED) is 0.152. The maximum atomic E-state index is 13.5. The average molecular weight is 575 g/mol. The van der Waals surface area contributed by atoms with E-state index in [1.807, 2.05) is 6.07 Å². The lowest BCUT2D eigenvalue weighted by atomic mass is 10.1. The third-order valence-corrected chi connectivity index (χ3v) is 5.34. The molecule has 3 aromatic rings. The number of amides is 1. The number of ether oxygens (including phenoxy) is 1. The van der Waals surface area contributed by atoms with E-state index in [9.17, 15) is 24.6 Å². The highest BCUT2D eigenvalue weighted by atomic mass is 79.9. The average Bonchev–Trinajstić information content (AvgIpc) is 2.76. The predicted octanol–water partition coefficient (Wildman–Crippen LogP) is 6.38. The molecule has 0 atom stereocenters. The number of rotatable bonds is 7. The van der Waals surface area contributed by atoms with E-state index in [1.54, 1.807) is 24.3 Å². The molecule has 0 bridgehead atoms. The summed E-state index contributed by atoms with van der Waals surface area (Å²) in [6, 6.07) is 16.5. The fourth-order valence-electron chi connectivity index (χ4n) is 2.82. The molecule has 0 spiro atoms. The van der Waals surface area contributed by atoms with Gasteiger partial charge < -0.3 is 10.1 Å². The normalized spacial score (nSPS) is 10.9. The van der Waals surface area contributed by atoms with Gasteiger partial charge in [-0.15, -0.1) is 0 Å². The van der Waals surface area contributed by atoms with Crippen molar-refractivity contribution in [1.29, 1.82) is 5.26 Å². The van der Waals surface area contributed by atoms with Crippen molar-refractivity contribution in [3.8, 4) is 11.8 Å². The molecule has 33 heavy (non-hydrogen) atoms. The molecule has 10 heteroatoms. The Morgan fingerprint density at radius 2 is 1.94 bits per heavy atom. The van der Waals surface area contributed by atoms with E-state index in [1.165, 1.54) is 42.5 Å². The smallest absolute Gasteiger partial charge is 0.271 e. The van der Waals surface area contributed by atoms with E-state index in [0.717, 1.165) is 0 Å². The molecule has 0 radical (unpaired) electrons. The number of hydrogen-bond acceptors (Lipinski definition) is 5. The molecule has 0 aromatic heterocycles. The lowest BCUT2D eigenvalue weighted by Gasteiger charge is -2.13. The van der Waals surface area contributed by atoms with Gasteiger partial charge in [-0.3, -0.25) is 14.9 Å². The molecule has 1 amide bonds. The zero-order valence-corrected chi connectivity index (χ0v) is 19.9. The summed E-state index contributed by atoms with van der Waals surface area (Å²) in [6.07, 6.45) is 1.34. The Morgan fingerprint density at radius 3 is 2.64 bits per heavy atom. The molecule has 0 saturated heterocycles. The minimum absolute atomic E-state index is 0.0561. The zero-order valence-electron chi connectivity index (χ0n) is 16.7. The number of carbonyl (C=O) groups is 1. The van der Waals surface area contributed by atoms with Gasteiger partial charge in [0.25, 0.3) is 11.6 Å². The third-order valence-electron chi connectivity index (χ3n) is 4.29. The van der Waals surface area contributed by atoms with Crippen LogP contribution >= 0.6 is 31.9 Å². The number of halogens is 3. The minimum Gasteiger partial charge on any atom is -0.487 e. The van der Waals surface area contributed by atoms with Crippen LogP contribution in [0.3, 0.4) is 0 Å². The van der Waals surface area contributed by atoms with Crippen molar-refractivity contribution in [3.63, 3.8) is 0 Å². The monoisotopic (exact) mass is 573 g/mol. The van der Waals surface area contributed by atoms with Crippen LogP contribution in [-0.2, 0) is 11.4 Å². The van der Waals surface area contributed by atoms with E-state index < -0.39 is 16.6 Å². The first-order valence-electron chi connectivity index (χ1n) is 9.30. The second-order valence-corrected chi connectivity index (χ2v) is 8.43. The van der Waals surface area contributed by atoms with Crippen LogP contribution in [-0.4, -0.2) is 10.8 Å².